The van der Waals surface area contributed by atoms with E-state index < -0.39 is 11.7 Å². The van der Waals surface area contributed by atoms with Gasteiger partial charge >= 0.3 is 6.09 Å². The smallest absolute Gasteiger partial charge is 0.407 e. The highest BCUT2D eigenvalue weighted by molar-refractivity contribution is 5.67. The van der Waals surface area contributed by atoms with Crippen LogP contribution in [-0.2, 0) is 17.8 Å². The second kappa shape index (κ2) is 5.90. The molecule has 1 amide bonds. The molecular weight excluding hydrogens is 256 g/mol. The number of nitrogens with zero attached hydrogens (tertiary/aromatic N) is 3. The highest BCUT2D eigenvalue weighted by Gasteiger charge is 2.16. The van der Waals surface area contributed by atoms with Crippen LogP contribution in [0.3, 0.4) is 0 Å². The fraction of sp³-hybridized carbons (Fsp3) is 0.500. The van der Waals surface area contributed by atoms with Crippen molar-refractivity contribution >= 4 is 6.09 Å². The average Bonchev–Trinajstić information content (AvgIpc) is 2.96. The first-order chi connectivity index (χ1) is 9.42. The predicted octanol–water partition coefficient (Wildman–Crippen LogP) is 2.19. The average molecular weight is 276 g/mol. The zero-order valence-corrected chi connectivity index (χ0v) is 12.1. The molecule has 0 saturated heterocycles. The summed E-state index contributed by atoms with van der Waals surface area (Å²) in [6, 6.07) is 0. The first-order valence-corrected chi connectivity index (χ1v) is 6.63. The zero-order valence-electron chi connectivity index (χ0n) is 12.1. The molecule has 6 nitrogen and oxygen atoms in total. The van der Waals surface area contributed by atoms with Crippen molar-refractivity contribution in [3.63, 3.8) is 0 Å². The normalized spacial score (nSPS) is 14.2. The number of nitrogens with one attached hydrogen (secondary N) is 1. The molecule has 1 heterocycles. The van der Waals surface area contributed by atoms with Crippen LogP contribution in [0, 0.1) is 0 Å². The van der Waals surface area contributed by atoms with Crippen molar-refractivity contribution in [1.29, 1.82) is 0 Å². The summed E-state index contributed by atoms with van der Waals surface area (Å²) in [4.78, 5) is 11.5. The van der Waals surface area contributed by atoms with E-state index in [-0.39, 0.29) is 0 Å². The lowest BCUT2D eigenvalue weighted by Gasteiger charge is -2.19. The van der Waals surface area contributed by atoms with E-state index in [1.807, 2.05) is 33.0 Å². The Morgan fingerprint density at radius 2 is 2.30 bits per heavy atom. The summed E-state index contributed by atoms with van der Waals surface area (Å²) >= 11 is 0. The summed E-state index contributed by atoms with van der Waals surface area (Å²) in [5.74, 6) is 0. The van der Waals surface area contributed by atoms with Crippen LogP contribution in [0.4, 0.5) is 4.79 Å². The Morgan fingerprint density at radius 3 is 2.95 bits per heavy atom. The van der Waals surface area contributed by atoms with Crippen LogP contribution < -0.4 is 5.32 Å². The Balaban J connectivity index is 1.79. The topological polar surface area (TPSA) is 69.0 Å². The largest absolute Gasteiger partial charge is 0.444 e. The van der Waals surface area contributed by atoms with Crippen molar-refractivity contribution in [3.8, 4) is 0 Å². The standard InChI is InChI=1S/C14H20N4O2/c1-14(2,3)20-13(19)15-8-12-10-18(17-16-12)9-11-6-4-5-7-11/h4-6,10H,7-9H2,1-3H3,(H,15,19). The Morgan fingerprint density at radius 1 is 1.50 bits per heavy atom. The number of alkyl carbamates (subject to hydrolysis) is 1. The summed E-state index contributed by atoms with van der Waals surface area (Å²) in [7, 11) is 0. The molecule has 0 aromatic carbocycles. The molecule has 1 aromatic rings. The fourth-order valence-corrected chi connectivity index (χ4v) is 1.79. The number of hydrogen-bond acceptors (Lipinski definition) is 4. The third-order valence-electron chi connectivity index (χ3n) is 2.61. The number of aromatic nitrogens is 3. The Kier molecular flexibility index (Phi) is 4.22. The van der Waals surface area contributed by atoms with Crippen LogP contribution in [0.2, 0.25) is 0 Å². The summed E-state index contributed by atoms with van der Waals surface area (Å²) in [6.07, 6.45) is 8.58. The monoisotopic (exact) mass is 276 g/mol. The second-order valence-electron chi connectivity index (χ2n) is 5.72. The van der Waals surface area contributed by atoms with Gasteiger partial charge in [0.1, 0.15) is 11.3 Å². The zero-order chi connectivity index (χ0) is 14.6. The maximum atomic E-state index is 11.5. The van der Waals surface area contributed by atoms with E-state index in [4.69, 9.17) is 4.74 Å². The van der Waals surface area contributed by atoms with E-state index in [0.717, 1.165) is 13.0 Å². The molecule has 1 aliphatic carbocycles. The van der Waals surface area contributed by atoms with Gasteiger partial charge in [0.15, 0.2) is 0 Å². The number of carbonyl (C=O) groups is 1. The summed E-state index contributed by atoms with van der Waals surface area (Å²) in [5, 5.41) is 10.7. The van der Waals surface area contributed by atoms with Gasteiger partial charge in [-0.05, 0) is 32.8 Å². The maximum Gasteiger partial charge on any atom is 0.407 e. The van der Waals surface area contributed by atoms with Crippen molar-refractivity contribution in [2.45, 2.75) is 45.9 Å². The molecule has 0 bridgehead atoms. The van der Waals surface area contributed by atoms with Crippen LogP contribution >= 0.6 is 0 Å². The van der Waals surface area contributed by atoms with Gasteiger partial charge in [0, 0.05) is 0 Å². The first-order valence-electron chi connectivity index (χ1n) is 6.63. The van der Waals surface area contributed by atoms with Crippen LogP contribution in [-0.4, -0.2) is 26.7 Å². The van der Waals surface area contributed by atoms with Gasteiger partial charge < -0.3 is 10.1 Å². The predicted molar refractivity (Wildman–Crippen MR) is 74.9 cm³/mol. The third kappa shape index (κ3) is 4.53. The number of rotatable bonds is 4. The molecule has 0 atom stereocenters. The molecule has 20 heavy (non-hydrogen) atoms. The van der Waals surface area contributed by atoms with Crippen molar-refractivity contribution in [3.05, 3.63) is 35.7 Å². The minimum absolute atomic E-state index is 0.312. The minimum Gasteiger partial charge on any atom is -0.444 e. The van der Waals surface area contributed by atoms with Crippen molar-refractivity contribution in [2.75, 3.05) is 0 Å². The molecule has 0 fully saturated rings. The van der Waals surface area contributed by atoms with E-state index >= 15 is 0 Å². The SMILES string of the molecule is CC(C)(C)OC(=O)NCc1cn(CC2=CC=CC2)nn1. The number of hydrogen-bond donors (Lipinski definition) is 1. The van der Waals surface area contributed by atoms with Gasteiger partial charge in [-0.2, -0.15) is 0 Å². The van der Waals surface area contributed by atoms with Gasteiger partial charge in [-0.15, -0.1) is 5.10 Å². The van der Waals surface area contributed by atoms with Gasteiger partial charge in [0.25, 0.3) is 0 Å². The molecule has 6 heteroatoms. The lowest BCUT2D eigenvalue weighted by atomic mass is 10.2. The molecule has 0 aliphatic heterocycles. The molecule has 0 saturated carbocycles. The second-order valence-corrected chi connectivity index (χ2v) is 5.72. The molecule has 108 valence electrons. The van der Waals surface area contributed by atoms with E-state index in [2.05, 4.69) is 27.8 Å². The van der Waals surface area contributed by atoms with E-state index in [9.17, 15) is 4.79 Å². The van der Waals surface area contributed by atoms with Gasteiger partial charge in [0.05, 0.1) is 19.3 Å². The Hall–Kier alpha value is -2.11. The summed E-state index contributed by atoms with van der Waals surface area (Å²) in [5.41, 5.74) is 1.51. The quantitative estimate of drug-likeness (QED) is 0.915. The van der Waals surface area contributed by atoms with E-state index in [1.54, 1.807) is 4.68 Å². The van der Waals surface area contributed by atoms with Gasteiger partial charge in [0.2, 0.25) is 0 Å². The minimum atomic E-state index is -0.496. The van der Waals surface area contributed by atoms with Crippen LogP contribution in [0.5, 0.6) is 0 Å². The third-order valence-corrected chi connectivity index (χ3v) is 2.61. The lowest BCUT2D eigenvalue weighted by molar-refractivity contribution is 0.0523. The number of allylic oxidation sites excluding steroid dienone is 4. The van der Waals surface area contributed by atoms with Crippen molar-refractivity contribution < 1.29 is 9.53 Å². The molecule has 0 unspecified atom stereocenters. The molecule has 0 radical (unpaired) electrons. The van der Waals surface area contributed by atoms with E-state index in [0.29, 0.717) is 12.2 Å². The van der Waals surface area contributed by atoms with E-state index in [1.165, 1.54) is 5.57 Å². The fourth-order valence-electron chi connectivity index (χ4n) is 1.79. The molecule has 0 spiro atoms. The highest BCUT2D eigenvalue weighted by Crippen LogP contribution is 2.12. The highest BCUT2D eigenvalue weighted by atomic mass is 16.6. The maximum absolute atomic E-state index is 11.5. The Bertz CT molecular complexity index is 538. The number of amides is 1. The van der Waals surface area contributed by atoms with Crippen molar-refractivity contribution in [1.82, 2.24) is 20.3 Å². The molecule has 1 N–H and O–H groups in total. The first kappa shape index (κ1) is 14.3. The molecular formula is C14H20N4O2. The van der Waals surface area contributed by atoms with Crippen LogP contribution in [0.25, 0.3) is 0 Å². The summed E-state index contributed by atoms with van der Waals surface area (Å²) in [6.45, 7) is 6.52. The van der Waals surface area contributed by atoms with Gasteiger partial charge in [-0.1, -0.05) is 23.4 Å². The number of ether oxygens (including phenoxy) is 1. The molecule has 1 aliphatic rings. The molecule has 2 rings (SSSR count). The number of carbonyl (C=O) groups excluding carboxylic acids is 1. The van der Waals surface area contributed by atoms with Gasteiger partial charge in [-0.3, -0.25) is 0 Å². The van der Waals surface area contributed by atoms with Crippen LogP contribution in [0.15, 0.2) is 30.0 Å². The molecule has 1 aromatic heterocycles. The lowest BCUT2D eigenvalue weighted by Crippen LogP contribution is -2.32. The van der Waals surface area contributed by atoms with Crippen molar-refractivity contribution in [2.24, 2.45) is 0 Å². The van der Waals surface area contributed by atoms with Gasteiger partial charge in [-0.25, -0.2) is 9.48 Å². The summed E-state index contributed by atoms with van der Waals surface area (Å²) < 4.78 is 6.92. The van der Waals surface area contributed by atoms with Crippen LogP contribution in [0.1, 0.15) is 32.9 Å². The Labute approximate surface area is 118 Å².